The van der Waals surface area contributed by atoms with Crippen molar-refractivity contribution >= 4 is 5.78 Å². The average molecular weight is 328 g/mol. The number of rotatable bonds is 7. The number of nitrogens with zero attached hydrogens (tertiary/aromatic N) is 1. The summed E-state index contributed by atoms with van der Waals surface area (Å²) >= 11 is 0. The lowest BCUT2D eigenvalue weighted by molar-refractivity contribution is -0.118. The van der Waals surface area contributed by atoms with Crippen molar-refractivity contribution in [1.29, 1.82) is 0 Å². The molecule has 4 nitrogen and oxygen atoms in total. The summed E-state index contributed by atoms with van der Waals surface area (Å²) in [5.41, 5.74) is 3.86. The van der Waals surface area contributed by atoms with Gasteiger partial charge in [0, 0.05) is 48.3 Å². The summed E-state index contributed by atoms with van der Waals surface area (Å²) < 4.78 is 5.58. The number of ether oxygens (including phenoxy) is 1. The van der Waals surface area contributed by atoms with Crippen LogP contribution >= 0.6 is 0 Å². The molecule has 1 aliphatic rings. The minimum atomic E-state index is -0.00334. The molecule has 0 amide bonds. The number of carbonyl (C=O) groups is 1. The summed E-state index contributed by atoms with van der Waals surface area (Å²) in [7, 11) is 0. The van der Waals surface area contributed by atoms with Crippen LogP contribution in [0.3, 0.4) is 0 Å². The van der Waals surface area contributed by atoms with Crippen molar-refractivity contribution in [3.63, 3.8) is 0 Å². The van der Waals surface area contributed by atoms with Crippen molar-refractivity contribution in [3.05, 3.63) is 53.1 Å². The predicted octanol–water partition coefficient (Wildman–Crippen LogP) is 3.80. The summed E-state index contributed by atoms with van der Waals surface area (Å²) in [5, 5.41) is 3.46. The Labute approximate surface area is 145 Å². The Kier molecular flexibility index (Phi) is 6.32. The third-order valence-electron chi connectivity index (χ3n) is 4.22. The van der Waals surface area contributed by atoms with Gasteiger partial charge in [-0.05, 0) is 37.8 Å². The van der Waals surface area contributed by atoms with Crippen LogP contribution in [0.1, 0.15) is 46.2 Å². The molecule has 0 atom stereocenters. The Morgan fingerprint density at radius 1 is 1.38 bits per heavy atom. The minimum Gasteiger partial charge on any atom is -0.376 e. The van der Waals surface area contributed by atoms with Crippen LogP contribution in [0.4, 0.5) is 0 Å². The molecule has 0 spiro atoms. The van der Waals surface area contributed by atoms with Crippen molar-refractivity contribution in [2.45, 2.75) is 47.0 Å². The van der Waals surface area contributed by atoms with Crippen LogP contribution in [0.15, 0.2) is 47.4 Å². The zero-order chi connectivity index (χ0) is 17.6. The first-order valence-electron chi connectivity index (χ1n) is 8.58. The van der Waals surface area contributed by atoms with Crippen LogP contribution in [-0.2, 0) is 16.0 Å². The van der Waals surface area contributed by atoms with Crippen molar-refractivity contribution in [2.24, 2.45) is 5.41 Å². The summed E-state index contributed by atoms with van der Waals surface area (Å²) in [5.74, 6) is 0.231. The second-order valence-corrected chi connectivity index (χ2v) is 7.06. The molecule has 1 heterocycles. The molecule has 0 radical (unpaired) electrons. The van der Waals surface area contributed by atoms with E-state index in [0.717, 1.165) is 35.5 Å². The van der Waals surface area contributed by atoms with Crippen LogP contribution in [0.5, 0.6) is 0 Å². The highest BCUT2D eigenvalue weighted by atomic mass is 16.5. The largest absolute Gasteiger partial charge is 0.376 e. The first-order valence-corrected chi connectivity index (χ1v) is 8.58. The number of Topliss-reactive ketones (excluding diaryl/α,β-unsaturated/α-hetero) is 1. The maximum Gasteiger partial charge on any atom is 0.160 e. The molecule has 0 bridgehead atoms. The fourth-order valence-corrected chi connectivity index (χ4v) is 2.85. The molecule has 0 saturated heterocycles. The van der Waals surface area contributed by atoms with Gasteiger partial charge in [0.1, 0.15) is 0 Å². The molecular weight excluding hydrogens is 300 g/mol. The van der Waals surface area contributed by atoms with Crippen molar-refractivity contribution in [2.75, 3.05) is 13.2 Å². The van der Waals surface area contributed by atoms with Gasteiger partial charge in [-0.15, -0.1) is 0 Å². The molecule has 0 unspecified atom stereocenters. The number of ketones is 1. The molecule has 4 heteroatoms. The quantitative estimate of drug-likeness (QED) is 0.827. The maximum absolute atomic E-state index is 12.2. The van der Waals surface area contributed by atoms with Crippen LogP contribution < -0.4 is 5.32 Å². The van der Waals surface area contributed by atoms with Crippen molar-refractivity contribution in [1.82, 2.24) is 10.3 Å². The number of carbonyl (C=O) groups excluding carboxylic acids is 1. The maximum atomic E-state index is 12.2. The van der Waals surface area contributed by atoms with Gasteiger partial charge in [0.25, 0.3) is 0 Å². The van der Waals surface area contributed by atoms with Gasteiger partial charge in [0.05, 0.1) is 6.61 Å². The fraction of sp³-hybridized carbons (Fsp3) is 0.500. The van der Waals surface area contributed by atoms with Crippen LogP contribution in [-0.4, -0.2) is 24.0 Å². The number of nitrogens with one attached hydrogen (secondary N) is 1. The van der Waals surface area contributed by atoms with E-state index in [9.17, 15) is 4.79 Å². The minimum absolute atomic E-state index is 0.00334. The number of aromatic nitrogens is 1. The first kappa shape index (κ1) is 18.4. The highest BCUT2D eigenvalue weighted by Gasteiger charge is 2.31. The Balaban J connectivity index is 2.15. The van der Waals surface area contributed by atoms with E-state index >= 15 is 0 Å². The molecule has 1 aromatic rings. The first-order chi connectivity index (χ1) is 11.4. The summed E-state index contributed by atoms with van der Waals surface area (Å²) in [4.78, 5) is 16.6. The van der Waals surface area contributed by atoms with Gasteiger partial charge in [0.2, 0.25) is 0 Å². The molecule has 0 aromatic carbocycles. The van der Waals surface area contributed by atoms with E-state index in [1.54, 1.807) is 6.20 Å². The summed E-state index contributed by atoms with van der Waals surface area (Å²) in [6.45, 7) is 9.34. The standard InChI is InChI=1S/C20H28N2O2/c1-5-24-14-17(10-9-16-8-6-7-11-21-16)22-18-12-20(3,4)13-19(23)15(18)2/h6-8,10-11,22H,5,9,12-14H2,1-4H3/b17-10-. The van der Waals surface area contributed by atoms with E-state index < -0.39 is 0 Å². The lowest BCUT2D eigenvalue weighted by Crippen LogP contribution is -2.31. The highest BCUT2D eigenvalue weighted by molar-refractivity contribution is 5.96. The van der Waals surface area contributed by atoms with Crippen LogP contribution in [0.2, 0.25) is 0 Å². The molecule has 130 valence electrons. The van der Waals surface area contributed by atoms with E-state index in [4.69, 9.17) is 4.74 Å². The molecule has 1 aliphatic carbocycles. The molecule has 0 fully saturated rings. The van der Waals surface area contributed by atoms with Crippen molar-refractivity contribution < 1.29 is 9.53 Å². The summed E-state index contributed by atoms with van der Waals surface area (Å²) in [6, 6.07) is 5.91. The smallest absolute Gasteiger partial charge is 0.160 e. The Hall–Kier alpha value is -1.94. The normalized spacial score (nSPS) is 18.0. The topological polar surface area (TPSA) is 51.2 Å². The number of pyridine rings is 1. The zero-order valence-corrected chi connectivity index (χ0v) is 15.2. The van der Waals surface area contributed by atoms with Crippen LogP contribution in [0.25, 0.3) is 0 Å². The molecule has 1 N–H and O–H groups in total. The molecule has 1 aromatic heterocycles. The highest BCUT2D eigenvalue weighted by Crippen LogP contribution is 2.35. The SMILES string of the molecule is CCOC/C(=C/Cc1ccccn1)NC1=C(C)C(=O)CC(C)(C)C1. The third-order valence-corrected chi connectivity index (χ3v) is 4.22. The molecule has 24 heavy (non-hydrogen) atoms. The Bertz CT molecular complexity index is 630. The van der Waals surface area contributed by atoms with Gasteiger partial charge in [0.15, 0.2) is 5.78 Å². The Morgan fingerprint density at radius 3 is 2.83 bits per heavy atom. The van der Waals surface area contributed by atoms with E-state index in [1.165, 1.54) is 0 Å². The number of hydrogen-bond donors (Lipinski definition) is 1. The number of allylic oxidation sites excluding steroid dienone is 3. The van der Waals surface area contributed by atoms with E-state index in [2.05, 4.69) is 30.2 Å². The summed E-state index contributed by atoms with van der Waals surface area (Å²) in [6.07, 6.45) is 6.12. The lowest BCUT2D eigenvalue weighted by atomic mass is 9.76. The molecule has 2 rings (SSSR count). The second-order valence-electron chi connectivity index (χ2n) is 7.06. The Morgan fingerprint density at radius 2 is 2.17 bits per heavy atom. The van der Waals surface area contributed by atoms with Gasteiger partial charge >= 0.3 is 0 Å². The number of hydrogen-bond acceptors (Lipinski definition) is 4. The molecule has 0 saturated carbocycles. The third kappa shape index (κ3) is 5.31. The fourth-order valence-electron chi connectivity index (χ4n) is 2.85. The van der Waals surface area contributed by atoms with Gasteiger partial charge in [-0.1, -0.05) is 26.0 Å². The second kappa shape index (κ2) is 8.25. The molecular formula is C20H28N2O2. The van der Waals surface area contributed by atoms with E-state index in [1.807, 2.05) is 32.0 Å². The molecule has 0 aliphatic heterocycles. The van der Waals surface area contributed by atoms with Gasteiger partial charge in [-0.2, -0.15) is 0 Å². The van der Waals surface area contributed by atoms with Crippen LogP contribution in [0, 0.1) is 5.41 Å². The predicted molar refractivity (Wildman–Crippen MR) is 96.4 cm³/mol. The van der Waals surface area contributed by atoms with Gasteiger partial charge in [-0.25, -0.2) is 0 Å². The zero-order valence-electron chi connectivity index (χ0n) is 15.2. The van der Waals surface area contributed by atoms with Gasteiger partial charge < -0.3 is 10.1 Å². The van der Waals surface area contributed by atoms with Gasteiger partial charge in [-0.3, -0.25) is 9.78 Å². The van der Waals surface area contributed by atoms with Crippen molar-refractivity contribution in [3.8, 4) is 0 Å². The lowest BCUT2D eigenvalue weighted by Gasteiger charge is -2.32. The monoisotopic (exact) mass is 328 g/mol. The van der Waals surface area contributed by atoms with E-state index in [0.29, 0.717) is 19.6 Å². The average Bonchev–Trinajstić information content (AvgIpc) is 2.55. The van der Waals surface area contributed by atoms with E-state index in [-0.39, 0.29) is 11.2 Å².